The zero-order valence-electron chi connectivity index (χ0n) is 10.6. The molecule has 0 spiro atoms. The molecule has 1 rings (SSSR count). The van der Waals surface area contributed by atoms with Gasteiger partial charge in [0.25, 0.3) is 0 Å². The smallest absolute Gasteiger partial charge is 0.389 e. The number of nitrogens with two attached hydrogens (primary N) is 1. The van der Waals surface area contributed by atoms with Crippen LogP contribution in [0.1, 0.15) is 18.4 Å². The molecule has 0 atom stereocenters. The Morgan fingerprint density at radius 3 is 2.45 bits per heavy atom. The zero-order valence-corrected chi connectivity index (χ0v) is 11.4. The Bertz CT molecular complexity index is 585. The number of halogens is 4. The number of nitrogen functional groups attached to an aromatic ring is 1. The maximum atomic E-state index is 13.4. The second kappa shape index (κ2) is 5.96. The van der Waals surface area contributed by atoms with Crippen LogP contribution in [0.4, 0.5) is 23.2 Å². The van der Waals surface area contributed by atoms with Crippen LogP contribution in [-0.2, 0) is 10.0 Å². The van der Waals surface area contributed by atoms with Gasteiger partial charge in [0.1, 0.15) is 5.82 Å². The molecule has 0 aromatic heterocycles. The van der Waals surface area contributed by atoms with Gasteiger partial charge in [0.05, 0.1) is 4.90 Å². The van der Waals surface area contributed by atoms with Crippen molar-refractivity contribution in [2.75, 3.05) is 12.3 Å². The lowest BCUT2D eigenvalue weighted by atomic mass is 10.2. The van der Waals surface area contributed by atoms with Crippen molar-refractivity contribution >= 4 is 15.7 Å². The molecule has 0 heterocycles. The quantitative estimate of drug-likeness (QED) is 0.498. The summed E-state index contributed by atoms with van der Waals surface area (Å²) in [6.45, 7) is 0.858. The van der Waals surface area contributed by atoms with Gasteiger partial charge in [-0.1, -0.05) is 0 Å². The van der Waals surface area contributed by atoms with E-state index in [9.17, 15) is 26.0 Å². The zero-order chi connectivity index (χ0) is 15.6. The summed E-state index contributed by atoms with van der Waals surface area (Å²) in [6, 6.07) is 2.03. The van der Waals surface area contributed by atoms with Gasteiger partial charge in [0.15, 0.2) is 0 Å². The molecule has 0 unspecified atom stereocenters. The van der Waals surface area contributed by atoms with Crippen molar-refractivity contribution in [2.24, 2.45) is 0 Å². The molecule has 0 radical (unpaired) electrons. The number of sulfonamides is 1. The average molecular weight is 314 g/mol. The first-order valence-corrected chi connectivity index (χ1v) is 7.13. The second-order valence-corrected chi connectivity index (χ2v) is 5.98. The van der Waals surface area contributed by atoms with Crippen molar-refractivity contribution in [2.45, 2.75) is 30.8 Å². The lowest BCUT2D eigenvalue weighted by Crippen LogP contribution is -2.26. The summed E-state index contributed by atoms with van der Waals surface area (Å²) in [6.07, 6.45) is -5.84. The van der Waals surface area contributed by atoms with Crippen molar-refractivity contribution in [1.29, 1.82) is 0 Å². The van der Waals surface area contributed by atoms with Crippen LogP contribution in [0, 0.1) is 12.7 Å². The van der Waals surface area contributed by atoms with Gasteiger partial charge in [0, 0.05) is 24.2 Å². The number of hydrogen-bond donors (Lipinski definition) is 2. The Kier molecular flexibility index (Phi) is 4.98. The maximum absolute atomic E-state index is 13.4. The van der Waals surface area contributed by atoms with Crippen LogP contribution in [-0.4, -0.2) is 21.1 Å². The molecule has 20 heavy (non-hydrogen) atoms. The first-order chi connectivity index (χ1) is 9.03. The van der Waals surface area contributed by atoms with E-state index in [0.29, 0.717) is 0 Å². The molecule has 0 saturated carbocycles. The largest absolute Gasteiger partial charge is 0.399 e. The van der Waals surface area contributed by atoms with Gasteiger partial charge < -0.3 is 5.73 Å². The normalized spacial score (nSPS) is 12.7. The summed E-state index contributed by atoms with van der Waals surface area (Å²) in [4.78, 5) is -0.373. The molecule has 0 aliphatic carbocycles. The Labute approximate surface area is 114 Å². The Hall–Kier alpha value is -1.35. The van der Waals surface area contributed by atoms with Gasteiger partial charge in [-0.15, -0.1) is 0 Å². The van der Waals surface area contributed by atoms with Crippen LogP contribution in [0.15, 0.2) is 17.0 Å². The minimum absolute atomic E-state index is 0.0798. The summed E-state index contributed by atoms with van der Waals surface area (Å²) in [5.74, 6) is -0.791. The summed E-state index contributed by atoms with van der Waals surface area (Å²) >= 11 is 0. The SMILES string of the molecule is Cc1c(F)cc(N)cc1S(=O)(=O)NCCCC(F)(F)F. The van der Waals surface area contributed by atoms with E-state index < -0.39 is 41.4 Å². The highest BCUT2D eigenvalue weighted by Crippen LogP contribution is 2.23. The van der Waals surface area contributed by atoms with E-state index in [1.54, 1.807) is 0 Å². The number of anilines is 1. The fraction of sp³-hybridized carbons (Fsp3) is 0.455. The highest BCUT2D eigenvalue weighted by Gasteiger charge is 2.26. The lowest BCUT2D eigenvalue weighted by molar-refractivity contribution is -0.135. The summed E-state index contributed by atoms with van der Waals surface area (Å²) in [5.41, 5.74) is 5.14. The second-order valence-electron chi connectivity index (χ2n) is 4.24. The van der Waals surface area contributed by atoms with Crippen LogP contribution in [0.2, 0.25) is 0 Å². The Morgan fingerprint density at radius 2 is 1.90 bits per heavy atom. The number of alkyl halides is 3. The third-order valence-electron chi connectivity index (χ3n) is 2.54. The fourth-order valence-corrected chi connectivity index (χ4v) is 2.89. The Balaban J connectivity index is 2.80. The van der Waals surface area contributed by atoms with E-state index >= 15 is 0 Å². The third kappa shape index (κ3) is 4.64. The summed E-state index contributed by atoms with van der Waals surface area (Å²) < 4.78 is 74.9. The van der Waals surface area contributed by atoms with E-state index in [1.165, 1.54) is 6.92 Å². The van der Waals surface area contributed by atoms with Crippen molar-refractivity contribution in [3.63, 3.8) is 0 Å². The van der Waals surface area contributed by atoms with Gasteiger partial charge in [-0.2, -0.15) is 13.2 Å². The molecular weight excluding hydrogens is 300 g/mol. The predicted octanol–water partition coefficient (Wildman–Crippen LogP) is 2.34. The van der Waals surface area contributed by atoms with Crippen molar-refractivity contribution in [3.05, 3.63) is 23.5 Å². The van der Waals surface area contributed by atoms with Crippen LogP contribution in [0.3, 0.4) is 0 Å². The minimum Gasteiger partial charge on any atom is -0.399 e. The van der Waals surface area contributed by atoms with Crippen molar-refractivity contribution < 1.29 is 26.0 Å². The first-order valence-electron chi connectivity index (χ1n) is 5.65. The van der Waals surface area contributed by atoms with Crippen molar-refractivity contribution in [1.82, 2.24) is 4.72 Å². The molecule has 4 nitrogen and oxygen atoms in total. The number of benzene rings is 1. The van der Waals surface area contributed by atoms with E-state index in [-0.39, 0.29) is 16.1 Å². The van der Waals surface area contributed by atoms with E-state index in [0.717, 1.165) is 12.1 Å². The average Bonchev–Trinajstić information content (AvgIpc) is 2.28. The molecular formula is C11H14F4N2O2S. The molecule has 0 aliphatic heterocycles. The lowest BCUT2D eigenvalue weighted by Gasteiger charge is -2.11. The number of hydrogen-bond acceptors (Lipinski definition) is 3. The molecule has 3 N–H and O–H groups in total. The molecule has 1 aromatic carbocycles. The molecule has 1 aromatic rings. The molecule has 9 heteroatoms. The van der Waals surface area contributed by atoms with Crippen LogP contribution >= 0.6 is 0 Å². The van der Waals surface area contributed by atoms with Gasteiger partial charge in [-0.3, -0.25) is 0 Å². The standard InChI is InChI=1S/C11H14F4N2O2S/c1-7-9(12)5-8(16)6-10(7)20(18,19)17-4-2-3-11(13,14)15/h5-6,17H,2-4,16H2,1H3. The highest BCUT2D eigenvalue weighted by molar-refractivity contribution is 7.89. The van der Waals surface area contributed by atoms with Gasteiger partial charge >= 0.3 is 6.18 Å². The maximum Gasteiger partial charge on any atom is 0.389 e. The van der Waals surface area contributed by atoms with Gasteiger partial charge in [0.2, 0.25) is 10.0 Å². The van der Waals surface area contributed by atoms with Crippen LogP contribution in [0.25, 0.3) is 0 Å². The number of rotatable bonds is 5. The Morgan fingerprint density at radius 1 is 1.30 bits per heavy atom. The van der Waals surface area contributed by atoms with Gasteiger partial charge in [-0.05, 0) is 25.5 Å². The molecule has 114 valence electrons. The topological polar surface area (TPSA) is 72.2 Å². The predicted molar refractivity (Wildman–Crippen MR) is 66.0 cm³/mol. The number of nitrogens with one attached hydrogen (secondary N) is 1. The summed E-state index contributed by atoms with van der Waals surface area (Å²) in [5, 5.41) is 0. The molecule has 0 bridgehead atoms. The monoisotopic (exact) mass is 314 g/mol. The molecule has 0 amide bonds. The van der Waals surface area contributed by atoms with E-state index in [4.69, 9.17) is 5.73 Å². The molecule has 0 aliphatic rings. The van der Waals surface area contributed by atoms with Gasteiger partial charge in [-0.25, -0.2) is 17.5 Å². The van der Waals surface area contributed by atoms with E-state index in [2.05, 4.69) is 0 Å². The first kappa shape index (κ1) is 16.7. The minimum atomic E-state index is -4.34. The van der Waals surface area contributed by atoms with Crippen LogP contribution < -0.4 is 10.5 Å². The highest BCUT2D eigenvalue weighted by atomic mass is 32.2. The summed E-state index contributed by atoms with van der Waals surface area (Å²) in [7, 11) is -4.09. The van der Waals surface area contributed by atoms with E-state index in [1.807, 2.05) is 4.72 Å². The molecule has 0 saturated heterocycles. The van der Waals surface area contributed by atoms with Crippen molar-refractivity contribution in [3.8, 4) is 0 Å². The molecule has 0 fully saturated rings. The third-order valence-corrected chi connectivity index (χ3v) is 4.12. The fourth-order valence-electron chi connectivity index (χ4n) is 1.53. The van der Waals surface area contributed by atoms with Crippen LogP contribution in [0.5, 0.6) is 0 Å².